The molecule has 0 aromatic carbocycles. The molecule has 0 amide bonds. The van der Waals surface area contributed by atoms with E-state index in [1.807, 2.05) is 0 Å². The van der Waals surface area contributed by atoms with Gasteiger partial charge in [-0.15, -0.1) is 0 Å². The minimum atomic E-state index is -0.0320. The van der Waals surface area contributed by atoms with Gasteiger partial charge in [0.2, 0.25) is 0 Å². The zero-order chi connectivity index (χ0) is 12.6. The van der Waals surface area contributed by atoms with E-state index in [9.17, 15) is 4.79 Å². The Balaban J connectivity index is 1.64. The molecule has 0 saturated heterocycles. The molecule has 3 atom stereocenters. The molecule has 0 aromatic rings. The maximum Gasteiger partial charge on any atom is 0.144 e. The Labute approximate surface area is 110 Å². The van der Waals surface area contributed by atoms with E-state index in [1.54, 1.807) is 0 Å². The van der Waals surface area contributed by atoms with Crippen molar-refractivity contribution in [3.05, 3.63) is 0 Å². The lowest BCUT2D eigenvalue weighted by Crippen LogP contribution is -2.55. The monoisotopic (exact) mass is 250 g/mol. The van der Waals surface area contributed by atoms with Crippen molar-refractivity contribution in [2.75, 3.05) is 0 Å². The van der Waals surface area contributed by atoms with Gasteiger partial charge in [0.15, 0.2) is 0 Å². The van der Waals surface area contributed by atoms with Crippen molar-refractivity contribution < 1.29 is 9.53 Å². The summed E-state index contributed by atoms with van der Waals surface area (Å²) in [6.45, 7) is 2.28. The van der Waals surface area contributed by atoms with Crippen LogP contribution in [0.4, 0.5) is 0 Å². The normalized spacial score (nSPS) is 38.9. The topological polar surface area (TPSA) is 26.3 Å². The van der Waals surface area contributed by atoms with Gasteiger partial charge in [-0.3, -0.25) is 4.79 Å². The van der Waals surface area contributed by atoms with Crippen LogP contribution in [0.25, 0.3) is 0 Å². The van der Waals surface area contributed by atoms with Crippen LogP contribution >= 0.6 is 0 Å². The van der Waals surface area contributed by atoms with E-state index in [1.165, 1.54) is 44.9 Å². The van der Waals surface area contributed by atoms with Gasteiger partial charge >= 0.3 is 0 Å². The van der Waals surface area contributed by atoms with Gasteiger partial charge in [0.25, 0.3) is 0 Å². The van der Waals surface area contributed by atoms with Crippen LogP contribution in [0.1, 0.15) is 71.1 Å². The number of hydrogen-bond acceptors (Lipinski definition) is 2. The second kappa shape index (κ2) is 4.96. The number of carbonyl (C=O) groups excluding carboxylic acids is 1. The maximum atomic E-state index is 12.0. The average molecular weight is 250 g/mol. The lowest BCUT2D eigenvalue weighted by Gasteiger charge is -2.48. The standard InChI is InChI=1S/C16H26O2/c1-2-12-7-3-4-8-13(12)18-15-11-14(17)16(15)9-5-6-10-16/h12-13,15H,2-11H2,1H3. The summed E-state index contributed by atoms with van der Waals surface area (Å²) in [7, 11) is 0. The molecular weight excluding hydrogens is 224 g/mol. The fourth-order valence-corrected chi connectivity index (χ4v) is 4.43. The summed E-state index contributed by atoms with van der Waals surface area (Å²) in [5, 5.41) is 0. The molecule has 0 radical (unpaired) electrons. The van der Waals surface area contributed by atoms with Gasteiger partial charge in [-0.25, -0.2) is 0 Å². The van der Waals surface area contributed by atoms with Gasteiger partial charge in [-0.05, 0) is 31.6 Å². The van der Waals surface area contributed by atoms with Crippen LogP contribution in [-0.2, 0) is 9.53 Å². The number of hydrogen-bond donors (Lipinski definition) is 0. The van der Waals surface area contributed by atoms with Gasteiger partial charge in [0, 0.05) is 6.42 Å². The van der Waals surface area contributed by atoms with Crippen molar-refractivity contribution in [2.24, 2.45) is 11.3 Å². The molecule has 3 rings (SSSR count). The SMILES string of the molecule is CCC1CCCCC1OC1CC(=O)C12CCCC2. The number of carbonyl (C=O) groups is 1. The van der Waals surface area contributed by atoms with Gasteiger partial charge < -0.3 is 4.74 Å². The maximum absolute atomic E-state index is 12.0. The molecule has 0 aliphatic heterocycles. The lowest BCUT2D eigenvalue weighted by atomic mass is 9.63. The molecule has 0 bridgehead atoms. The largest absolute Gasteiger partial charge is 0.373 e. The van der Waals surface area contributed by atoms with Crippen molar-refractivity contribution in [3.8, 4) is 0 Å². The van der Waals surface area contributed by atoms with Gasteiger partial charge in [0.1, 0.15) is 5.78 Å². The Morgan fingerprint density at radius 2 is 1.89 bits per heavy atom. The highest BCUT2D eigenvalue weighted by Crippen LogP contribution is 2.53. The first-order valence-electron chi connectivity index (χ1n) is 7.95. The predicted octanol–water partition coefficient (Wildman–Crippen LogP) is 3.87. The summed E-state index contributed by atoms with van der Waals surface area (Å²) < 4.78 is 6.42. The van der Waals surface area contributed by atoms with Crippen molar-refractivity contribution in [2.45, 2.75) is 83.3 Å². The molecule has 0 N–H and O–H groups in total. The summed E-state index contributed by atoms with van der Waals surface area (Å²) in [5.74, 6) is 1.24. The third-order valence-electron chi connectivity index (χ3n) is 5.74. The Hall–Kier alpha value is -0.370. The van der Waals surface area contributed by atoms with Crippen LogP contribution in [0.3, 0.4) is 0 Å². The Kier molecular flexibility index (Phi) is 3.48. The molecule has 0 heterocycles. The Morgan fingerprint density at radius 3 is 2.56 bits per heavy atom. The third-order valence-corrected chi connectivity index (χ3v) is 5.74. The fourth-order valence-electron chi connectivity index (χ4n) is 4.43. The summed E-state index contributed by atoms with van der Waals surface area (Å²) in [4.78, 5) is 12.0. The lowest BCUT2D eigenvalue weighted by molar-refractivity contribution is -0.178. The van der Waals surface area contributed by atoms with Crippen LogP contribution in [0.5, 0.6) is 0 Å². The van der Waals surface area contributed by atoms with E-state index in [0.717, 1.165) is 18.8 Å². The van der Waals surface area contributed by atoms with Crippen LogP contribution in [0.15, 0.2) is 0 Å². The molecule has 3 aliphatic rings. The van der Waals surface area contributed by atoms with Crippen LogP contribution in [0, 0.1) is 11.3 Å². The average Bonchev–Trinajstić information content (AvgIpc) is 2.91. The highest BCUT2D eigenvalue weighted by molar-refractivity contribution is 5.92. The second-order valence-corrected chi connectivity index (χ2v) is 6.61. The van der Waals surface area contributed by atoms with Gasteiger partial charge in [0.05, 0.1) is 17.6 Å². The third kappa shape index (κ3) is 1.93. The van der Waals surface area contributed by atoms with Crippen LogP contribution in [0.2, 0.25) is 0 Å². The molecule has 3 unspecified atom stereocenters. The zero-order valence-electron chi connectivity index (χ0n) is 11.6. The second-order valence-electron chi connectivity index (χ2n) is 6.61. The van der Waals surface area contributed by atoms with Gasteiger partial charge in [-0.2, -0.15) is 0 Å². The minimum Gasteiger partial charge on any atom is -0.373 e. The summed E-state index contributed by atoms with van der Waals surface area (Å²) >= 11 is 0. The van der Waals surface area contributed by atoms with Crippen LogP contribution in [-0.4, -0.2) is 18.0 Å². The van der Waals surface area contributed by atoms with Gasteiger partial charge in [-0.1, -0.05) is 39.0 Å². The molecule has 0 aromatic heterocycles. The molecule has 2 heteroatoms. The molecule has 102 valence electrons. The van der Waals surface area contributed by atoms with Crippen LogP contribution < -0.4 is 0 Å². The van der Waals surface area contributed by atoms with E-state index in [0.29, 0.717) is 18.3 Å². The van der Waals surface area contributed by atoms with E-state index in [4.69, 9.17) is 4.74 Å². The minimum absolute atomic E-state index is 0.0320. The molecule has 2 nitrogen and oxygen atoms in total. The van der Waals surface area contributed by atoms with Crippen molar-refractivity contribution in [1.82, 2.24) is 0 Å². The highest BCUT2D eigenvalue weighted by atomic mass is 16.5. The zero-order valence-corrected chi connectivity index (χ0v) is 11.6. The Bertz CT molecular complexity index is 317. The molecule has 18 heavy (non-hydrogen) atoms. The van der Waals surface area contributed by atoms with Crippen molar-refractivity contribution in [1.29, 1.82) is 0 Å². The first-order chi connectivity index (χ1) is 8.76. The van der Waals surface area contributed by atoms with Crippen molar-refractivity contribution in [3.63, 3.8) is 0 Å². The molecule has 3 fully saturated rings. The van der Waals surface area contributed by atoms with E-state index < -0.39 is 0 Å². The van der Waals surface area contributed by atoms with E-state index >= 15 is 0 Å². The number of rotatable bonds is 3. The summed E-state index contributed by atoms with van der Waals surface area (Å²) in [6, 6.07) is 0. The molecular formula is C16H26O2. The Morgan fingerprint density at radius 1 is 1.17 bits per heavy atom. The summed E-state index contributed by atoms with van der Waals surface area (Å²) in [5.41, 5.74) is -0.0320. The molecule has 1 spiro atoms. The first-order valence-corrected chi connectivity index (χ1v) is 7.95. The highest BCUT2D eigenvalue weighted by Gasteiger charge is 2.57. The quantitative estimate of drug-likeness (QED) is 0.760. The van der Waals surface area contributed by atoms with Crippen molar-refractivity contribution >= 4 is 5.78 Å². The molecule has 3 aliphatic carbocycles. The van der Waals surface area contributed by atoms with E-state index in [-0.39, 0.29) is 11.5 Å². The molecule has 3 saturated carbocycles. The number of ether oxygens (including phenoxy) is 1. The first kappa shape index (κ1) is 12.7. The summed E-state index contributed by atoms with van der Waals surface area (Å²) in [6.07, 6.45) is 12.5. The number of ketones is 1. The smallest absolute Gasteiger partial charge is 0.144 e. The fraction of sp³-hybridized carbons (Fsp3) is 0.938. The number of Topliss-reactive ketones (excluding diaryl/α,β-unsaturated/α-hetero) is 1. The predicted molar refractivity (Wildman–Crippen MR) is 71.4 cm³/mol. The van der Waals surface area contributed by atoms with E-state index in [2.05, 4.69) is 6.92 Å².